The molecule has 4 nitrogen and oxygen atoms in total. The molecular weight excluding hydrogens is 288 g/mol. The lowest BCUT2D eigenvalue weighted by Crippen LogP contribution is -2.43. The first-order chi connectivity index (χ1) is 11.1. The van der Waals surface area contributed by atoms with E-state index < -0.39 is 6.10 Å². The smallest absolute Gasteiger partial charge is 0.267 e. The summed E-state index contributed by atoms with van der Waals surface area (Å²) in [5.74, 6) is 0.679. The Hall–Kier alpha value is -2.49. The zero-order valence-corrected chi connectivity index (χ0v) is 13.6. The van der Waals surface area contributed by atoms with Crippen molar-refractivity contribution in [2.24, 2.45) is 0 Å². The molecule has 120 valence electrons. The van der Waals surface area contributed by atoms with E-state index in [1.54, 1.807) is 11.8 Å². The van der Waals surface area contributed by atoms with Gasteiger partial charge in [0.25, 0.3) is 5.91 Å². The largest absolute Gasteiger partial charge is 0.481 e. The number of ether oxygens (including phenoxy) is 1. The van der Waals surface area contributed by atoms with Gasteiger partial charge in [-0.2, -0.15) is 0 Å². The number of nitrogens with zero attached hydrogens (tertiary/aromatic N) is 1. The van der Waals surface area contributed by atoms with Crippen LogP contribution in [0, 0.1) is 6.92 Å². The number of aryl methyl sites for hydroxylation is 1. The number of fused-ring (bicyclic) bond motifs is 1. The third kappa shape index (κ3) is 3.16. The molecule has 0 aliphatic carbocycles. The minimum absolute atomic E-state index is 0.0304. The fourth-order valence-electron chi connectivity index (χ4n) is 2.97. The molecular formula is C19H22N2O2. The van der Waals surface area contributed by atoms with E-state index in [-0.39, 0.29) is 5.91 Å². The van der Waals surface area contributed by atoms with Crippen LogP contribution in [-0.4, -0.2) is 18.6 Å². The quantitative estimate of drug-likeness (QED) is 0.885. The molecule has 0 aromatic heterocycles. The van der Waals surface area contributed by atoms with E-state index in [2.05, 4.69) is 0 Å². The van der Waals surface area contributed by atoms with Gasteiger partial charge in [0.05, 0.1) is 0 Å². The Balaban J connectivity index is 1.78. The number of carbonyl (C=O) groups is 1. The molecule has 0 fully saturated rings. The summed E-state index contributed by atoms with van der Waals surface area (Å²) in [5, 5.41) is 0. The lowest BCUT2D eigenvalue weighted by Gasteiger charge is -2.32. The van der Waals surface area contributed by atoms with Gasteiger partial charge in [-0.15, -0.1) is 0 Å². The van der Waals surface area contributed by atoms with Crippen molar-refractivity contribution in [1.82, 2.24) is 0 Å². The second kappa shape index (κ2) is 6.32. The summed E-state index contributed by atoms with van der Waals surface area (Å²) in [6.45, 7) is 4.52. The van der Waals surface area contributed by atoms with Gasteiger partial charge < -0.3 is 15.4 Å². The van der Waals surface area contributed by atoms with Gasteiger partial charge in [-0.1, -0.05) is 23.8 Å². The number of anilines is 2. The molecule has 0 saturated carbocycles. The predicted molar refractivity (Wildman–Crippen MR) is 92.8 cm³/mol. The summed E-state index contributed by atoms with van der Waals surface area (Å²) in [4.78, 5) is 14.6. The third-order valence-electron chi connectivity index (χ3n) is 4.23. The molecule has 0 radical (unpaired) electrons. The molecule has 2 N–H and O–H groups in total. The normalized spacial score (nSPS) is 15.0. The van der Waals surface area contributed by atoms with Crippen LogP contribution in [0.2, 0.25) is 0 Å². The Labute approximate surface area is 136 Å². The van der Waals surface area contributed by atoms with Gasteiger partial charge in [0.1, 0.15) is 5.75 Å². The highest BCUT2D eigenvalue weighted by Crippen LogP contribution is 2.32. The predicted octanol–water partition coefficient (Wildman–Crippen LogP) is 3.32. The summed E-state index contributed by atoms with van der Waals surface area (Å²) in [5.41, 5.74) is 9.95. The zero-order valence-electron chi connectivity index (χ0n) is 13.6. The Kier molecular flexibility index (Phi) is 4.24. The van der Waals surface area contributed by atoms with Gasteiger partial charge in [-0.25, -0.2) is 0 Å². The first-order valence-corrected chi connectivity index (χ1v) is 7.98. The van der Waals surface area contributed by atoms with E-state index in [1.807, 2.05) is 49.4 Å². The molecule has 1 heterocycles. The average molecular weight is 310 g/mol. The number of nitrogen functional groups attached to an aromatic ring is 1. The molecule has 1 amide bonds. The number of hydrogen-bond acceptors (Lipinski definition) is 3. The van der Waals surface area contributed by atoms with Crippen molar-refractivity contribution in [3.63, 3.8) is 0 Å². The molecule has 1 unspecified atom stereocenters. The van der Waals surface area contributed by atoms with Gasteiger partial charge in [0.15, 0.2) is 6.10 Å². The standard InChI is InChI=1S/C19H22N2O2/c1-13-8-10-15(11-9-13)23-14(2)19(22)21-12-4-5-16-17(20)6-3-7-18(16)21/h3,6-11,14H,4-5,12,20H2,1-2H3. The molecule has 2 aromatic rings. The first-order valence-electron chi connectivity index (χ1n) is 7.98. The Morgan fingerprint density at radius 3 is 2.70 bits per heavy atom. The first kappa shape index (κ1) is 15.4. The van der Waals surface area contributed by atoms with Gasteiger partial charge in [0, 0.05) is 17.9 Å². The summed E-state index contributed by atoms with van der Waals surface area (Å²) in [7, 11) is 0. The lowest BCUT2D eigenvalue weighted by atomic mass is 9.99. The van der Waals surface area contributed by atoms with E-state index in [0.29, 0.717) is 12.3 Å². The number of rotatable bonds is 3. The van der Waals surface area contributed by atoms with E-state index in [9.17, 15) is 4.79 Å². The molecule has 3 rings (SSSR count). The van der Waals surface area contributed by atoms with Gasteiger partial charge in [0.2, 0.25) is 0 Å². The highest BCUT2D eigenvalue weighted by molar-refractivity contribution is 5.98. The van der Waals surface area contributed by atoms with E-state index in [0.717, 1.165) is 35.3 Å². The van der Waals surface area contributed by atoms with E-state index in [4.69, 9.17) is 10.5 Å². The molecule has 1 aliphatic rings. The Morgan fingerprint density at radius 2 is 1.96 bits per heavy atom. The molecule has 1 aliphatic heterocycles. The summed E-state index contributed by atoms with van der Waals surface area (Å²) in [6, 6.07) is 13.5. The van der Waals surface area contributed by atoms with Crippen LogP contribution < -0.4 is 15.4 Å². The molecule has 1 atom stereocenters. The molecule has 2 aromatic carbocycles. The number of hydrogen-bond donors (Lipinski definition) is 1. The Morgan fingerprint density at radius 1 is 1.22 bits per heavy atom. The molecule has 0 saturated heterocycles. The minimum atomic E-state index is -0.537. The van der Waals surface area contributed by atoms with Crippen molar-refractivity contribution in [2.75, 3.05) is 17.2 Å². The molecule has 4 heteroatoms. The number of benzene rings is 2. The van der Waals surface area contributed by atoms with Crippen LogP contribution in [0.5, 0.6) is 5.75 Å². The second-order valence-electron chi connectivity index (χ2n) is 6.01. The van der Waals surface area contributed by atoms with Crippen LogP contribution in [0.15, 0.2) is 42.5 Å². The van der Waals surface area contributed by atoms with Crippen LogP contribution in [0.1, 0.15) is 24.5 Å². The minimum Gasteiger partial charge on any atom is -0.481 e. The van der Waals surface area contributed by atoms with Crippen molar-refractivity contribution in [3.05, 3.63) is 53.6 Å². The summed E-state index contributed by atoms with van der Waals surface area (Å²) >= 11 is 0. The molecule has 23 heavy (non-hydrogen) atoms. The lowest BCUT2D eigenvalue weighted by molar-refractivity contribution is -0.124. The number of carbonyl (C=O) groups excluding carboxylic acids is 1. The van der Waals surface area contributed by atoms with E-state index in [1.165, 1.54) is 0 Å². The average Bonchev–Trinajstić information content (AvgIpc) is 2.56. The Bertz CT molecular complexity index is 710. The SMILES string of the molecule is Cc1ccc(OC(C)C(=O)N2CCCc3c(N)cccc32)cc1. The summed E-state index contributed by atoms with van der Waals surface area (Å²) < 4.78 is 5.81. The van der Waals surface area contributed by atoms with Crippen molar-refractivity contribution in [3.8, 4) is 5.75 Å². The van der Waals surface area contributed by atoms with Crippen LogP contribution in [-0.2, 0) is 11.2 Å². The van der Waals surface area contributed by atoms with Crippen molar-refractivity contribution in [2.45, 2.75) is 32.8 Å². The zero-order chi connectivity index (χ0) is 16.4. The van der Waals surface area contributed by atoms with Crippen LogP contribution >= 0.6 is 0 Å². The van der Waals surface area contributed by atoms with Crippen molar-refractivity contribution >= 4 is 17.3 Å². The number of nitrogens with two attached hydrogens (primary N) is 1. The second-order valence-corrected chi connectivity index (χ2v) is 6.01. The van der Waals surface area contributed by atoms with Crippen LogP contribution in [0.25, 0.3) is 0 Å². The maximum atomic E-state index is 12.8. The maximum absolute atomic E-state index is 12.8. The van der Waals surface area contributed by atoms with Crippen LogP contribution in [0.4, 0.5) is 11.4 Å². The van der Waals surface area contributed by atoms with Gasteiger partial charge in [-0.05, 0) is 56.5 Å². The van der Waals surface area contributed by atoms with Gasteiger partial charge in [-0.3, -0.25) is 4.79 Å². The fraction of sp³-hybridized carbons (Fsp3) is 0.316. The highest BCUT2D eigenvalue weighted by Gasteiger charge is 2.28. The number of amides is 1. The van der Waals surface area contributed by atoms with Gasteiger partial charge >= 0.3 is 0 Å². The maximum Gasteiger partial charge on any atom is 0.267 e. The van der Waals surface area contributed by atoms with Crippen molar-refractivity contribution < 1.29 is 9.53 Å². The highest BCUT2D eigenvalue weighted by atomic mass is 16.5. The molecule has 0 spiro atoms. The third-order valence-corrected chi connectivity index (χ3v) is 4.23. The summed E-state index contributed by atoms with van der Waals surface area (Å²) in [6.07, 6.45) is 1.30. The topological polar surface area (TPSA) is 55.6 Å². The van der Waals surface area contributed by atoms with E-state index >= 15 is 0 Å². The molecule has 0 bridgehead atoms. The fourth-order valence-corrected chi connectivity index (χ4v) is 2.97. The monoisotopic (exact) mass is 310 g/mol. The van der Waals surface area contributed by atoms with Crippen molar-refractivity contribution in [1.29, 1.82) is 0 Å². The van der Waals surface area contributed by atoms with Crippen LogP contribution in [0.3, 0.4) is 0 Å².